The standard InChI is InChI=1S/C13H21NS2/c1-2-4-10-6-7-11(14)12(9-10)16-13-5-3-8-15-13/h3,5,8,10-12H,2,4,6-7,9,14H2,1H3. The molecular formula is C13H21NS2. The van der Waals surface area contributed by atoms with Gasteiger partial charge in [0.2, 0.25) is 0 Å². The number of thiophene rings is 1. The predicted molar refractivity (Wildman–Crippen MR) is 74.2 cm³/mol. The Hall–Kier alpha value is 0.01000. The number of hydrogen-bond donors (Lipinski definition) is 1. The molecule has 0 bridgehead atoms. The molecule has 3 heteroatoms. The quantitative estimate of drug-likeness (QED) is 0.875. The fourth-order valence-corrected chi connectivity index (χ4v) is 4.86. The Bertz CT molecular complexity index is 297. The minimum atomic E-state index is 0.403. The number of thioether (sulfide) groups is 1. The first-order chi connectivity index (χ1) is 7.79. The average molecular weight is 255 g/mol. The lowest BCUT2D eigenvalue weighted by molar-refractivity contribution is 0.317. The maximum Gasteiger partial charge on any atom is 0.0601 e. The van der Waals surface area contributed by atoms with Crippen molar-refractivity contribution in [2.45, 2.75) is 54.5 Å². The number of rotatable bonds is 4. The normalized spacial score (nSPS) is 30.5. The minimum Gasteiger partial charge on any atom is -0.327 e. The highest BCUT2D eigenvalue weighted by molar-refractivity contribution is 8.01. The first kappa shape index (κ1) is 12.5. The molecule has 1 fully saturated rings. The molecule has 2 N–H and O–H groups in total. The van der Waals surface area contributed by atoms with E-state index in [9.17, 15) is 0 Å². The third-order valence-electron chi connectivity index (χ3n) is 3.41. The van der Waals surface area contributed by atoms with Gasteiger partial charge in [-0.05, 0) is 36.6 Å². The van der Waals surface area contributed by atoms with Gasteiger partial charge in [-0.15, -0.1) is 23.1 Å². The lowest BCUT2D eigenvalue weighted by Crippen LogP contribution is -2.38. The summed E-state index contributed by atoms with van der Waals surface area (Å²) in [5, 5.41) is 2.80. The van der Waals surface area contributed by atoms with Gasteiger partial charge in [-0.25, -0.2) is 0 Å². The van der Waals surface area contributed by atoms with E-state index < -0.39 is 0 Å². The van der Waals surface area contributed by atoms with E-state index in [0.717, 1.165) is 5.92 Å². The van der Waals surface area contributed by atoms with Gasteiger partial charge >= 0.3 is 0 Å². The van der Waals surface area contributed by atoms with Crippen molar-refractivity contribution in [1.29, 1.82) is 0 Å². The number of nitrogens with two attached hydrogens (primary N) is 1. The zero-order valence-electron chi connectivity index (χ0n) is 9.89. The Kier molecular flexibility index (Phi) is 4.74. The molecule has 0 radical (unpaired) electrons. The Morgan fingerprint density at radius 2 is 2.38 bits per heavy atom. The zero-order chi connectivity index (χ0) is 11.4. The van der Waals surface area contributed by atoms with Crippen LogP contribution in [-0.4, -0.2) is 11.3 Å². The summed E-state index contributed by atoms with van der Waals surface area (Å²) in [4.78, 5) is 0. The average Bonchev–Trinajstić information content (AvgIpc) is 2.76. The molecule has 1 saturated carbocycles. The van der Waals surface area contributed by atoms with Gasteiger partial charge in [-0.3, -0.25) is 0 Å². The molecule has 1 aliphatic rings. The molecule has 1 heterocycles. The maximum atomic E-state index is 6.24. The second kappa shape index (κ2) is 6.08. The van der Waals surface area contributed by atoms with Crippen molar-refractivity contribution in [2.75, 3.05) is 0 Å². The molecule has 90 valence electrons. The van der Waals surface area contributed by atoms with Crippen molar-refractivity contribution in [3.63, 3.8) is 0 Å². The number of hydrogen-bond acceptors (Lipinski definition) is 3. The highest BCUT2D eigenvalue weighted by atomic mass is 32.2. The summed E-state index contributed by atoms with van der Waals surface area (Å²) >= 11 is 3.84. The van der Waals surface area contributed by atoms with Gasteiger partial charge in [0, 0.05) is 11.3 Å². The van der Waals surface area contributed by atoms with Crippen LogP contribution in [0.15, 0.2) is 21.7 Å². The van der Waals surface area contributed by atoms with Crippen molar-refractivity contribution in [3.8, 4) is 0 Å². The molecule has 1 aromatic heterocycles. The van der Waals surface area contributed by atoms with Crippen LogP contribution in [0.4, 0.5) is 0 Å². The Labute approximate surface area is 107 Å². The zero-order valence-corrected chi connectivity index (χ0v) is 11.5. The molecule has 2 rings (SSSR count). The summed E-state index contributed by atoms with van der Waals surface area (Å²) < 4.78 is 1.43. The minimum absolute atomic E-state index is 0.403. The summed E-state index contributed by atoms with van der Waals surface area (Å²) in [6.07, 6.45) is 6.58. The molecule has 0 saturated heterocycles. The summed E-state index contributed by atoms with van der Waals surface area (Å²) in [7, 11) is 0. The predicted octanol–water partition coefficient (Wildman–Crippen LogP) is 4.14. The van der Waals surface area contributed by atoms with Crippen LogP contribution in [0, 0.1) is 5.92 Å². The van der Waals surface area contributed by atoms with Crippen LogP contribution in [-0.2, 0) is 0 Å². The lowest BCUT2D eigenvalue weighted by Gasteiger charge is -2.33. The van der Waals surface area contributed by atoms with E-state index >= 15 is 0 Å². The van der Waals surface area contributed by atoms with E-state index in [-0.39, 0.29) is 0 Å². The molecule has 1 aliphatic carbocycles. The van der Waals surface area contributed by atoms with Gasteiger partial charge in [0.25, 0.3) is 0 Å². The summed E-state index contributed by atoms with van der Waals surface area (Å²) in [6.45, 7) is 2.29. The highest BCUT2D eigenvalue weighted by Gasteiger charge is 2.28. The smallest absolute Gasteiger partial charge is 0.0601 e. The topological polar surface area (TPSA) is 26.0 Å². The maximum absolute atomic E-state index is 6.24. The molecule has 1 aromatic rings. The van der Waals surface area contributed by atoms with Crippen LogP contribution < -0.4 is 5.73 Å². The van der Waals surface area contributed by atoms with Crippen molar-refractivity contribution < 1.29 is 0 Å². The monoisotopic (exact) mass is 255 g/mol. The largest absolute Gasteiger partial charge is 0.327 e. The first-order valence-electron chi connectivity index (χ1n) is 6.25. The van der Waals surface area contributed by atoms with Crippen molar-refractivity contribution in [1.82, 2.24) is 0 Å². The van der Waals surface area contributed by atoms with Crippen LogP contribution in [0.5, 0.6) is 0 Å². The fourth-order valence-electron chi connectivity index (χ4n) is 2.52. The first-order valence-corrected chi connectivity index (χ1v) is 8.01. The highest BCUT2D eigenvalue weighted by Crippen LogP contribution is 2.38. The molecular weight excluding hydrogens is 234 g/mol. The van der Waals surface area contributed by atoms with E-state index in [4.69, 9.17) is 5.73 Å². The molecule has 3 unspecified atom stereocenters. The molecule has 0 aliphatic heterocycles. The van der Waals surface area contributed by atoms with Gasteiger partial charge in [0.15, 0.2) is 0 Å². The van der Waals surface area contributed by atoms with Crippen LogP contribution in [0.25, 0.3) is 0 Å². The molecule has 0 aromatic carbocycles. The van der Waals surface area contributed by atoms with E-state index in [1.165, 1.54) is 36.3 Å². The summed E-state index contributed by atoms with van der Waals surface area (Å²) in [5.74, 6) is 0.919. The second-order valence-corrected chi connectivity index (χ2v) is 7.21. The Morgan fingerprint density at radius 3 is 3.06 bits per heavy atom. The van der Waals surface area contributed by atoms with Gasteiger partial charge in [0.1, 0.15) is 0 Å². The van der Waals surface area contributed by atoms with Crippen LogP contribution in [0.2, 0.25) is 0 Å². The SMILES string of the molecule is CCCC1CCC(N)C(Sc2cccs2)C1. The second-order valence-electron chi connectivity index (χ2n) is 4.72. The third-order valence-corrected chi connectivity index (χ3v) is 5.86. The summed E-state index contributed by atoms with van der Waals surface area (Å²) in [6, 6.07) is 4.75. The molecule has 1 nitrogen and oxygen atoms in total. The van der Waals surface area contributed by atoms with Gasteiger partial charge < -0.3 is 5.73 Å². The molecule has 16 heavy (non-hydrogen) atoms. The van der Waals surface area contributed by atoms with Crippen molar-refractivity contribution in [3.05, 3.63) is 17.5 Å². The van der Waals surface area contributed by atoms with E-state index in [0.29, 0.717) is 11.3 Å². The molecule has 0 amide bonds. The Morgan fingerprint density at radius 1 is 1.50 bits per heavy atom. The van der Waals surface area contributed by atoms with E-state index in [1.807, 2.05) is 23.1 Å². The third kappa shape index (κ3) is 3.25. The van der Waals surface area contributed by atoms with Gasteiger partial charge in [-0.1, -0.05) is 25.8 Å². The van der Waals surface area contributed by atoms with Crippen molar-refractivity contribution >= 4 is 23.1 Å². The lowest BCUT2D eigenvalue weighted by atomic mass is 9.83. The summed E-state index contributed by atoms with van der Waals surface area (Å²) in [5.41, 5.74) is 6.24. The van der Waals surface area contributed by atoms with Gasteiger partial charge in [-0.2, -0.15) is 0 Å². The molecule has 0 spiro atoms. The van der Waals surface area contributed by atoms with E-state index in [1.54, 1.807) is 0 Å². The Balaban J connectivity index is 1.91. The van der Waals surface area contributed by atoms with Gasteiger partial charge in [0.05, 0.1) is 4.21 Å². The van der Waals surface area contributed by atoms with Crippen LogP contribution in [0.3, 0.4) is 0 Å². The van der Waals surface area contributed by atoms with Crippen molar-refractivity contribution in [2.24, 2.45) is 11.7 Å². The van der Waals surface area contributed by atoms with Crippen LogP contribution >= 0.6 is 23.1 Å². The van der Waals surface area contributed by atoms with E-state index in [2.05, 4.69) is 24.4 Å². The molecule has 3 atom stereocenters. The fraction of sp³-hybridized carbons (Fsp3) is 0.692. The van der Waals surface area contributed by atoms with Crippen LogP contribution in [0.1, 0.15) is 39.0 Å².